The van der Waals surface area contributed by atoms with Crippen molar-refractivity contribution in [3.8, 4) is 0 Å². The number of pyridine rings is 2. The van der Waals surface area contributed by atoms with E-state index >= 15 is 0 Å². The lowest BCUT2D eigenvalue weighted by atomic mass is 10.1. The average molecular weight is 555 g/mol. The number of benzene rings is 2. The molecule has 8 nitrogen and oxygen atoms in total. The van der Waals surface area contributed by atoms with Crippen molar-refractivity contribution in [2.45, 2.75) is 38.8 Å². The predicted molar refractivity (Wildman–Crippen MR) is 162 cm³/mol. The fraction of sp³-hybridized carbons (Fsp3) is 0.235. The molecule has 0 spiro atoms. The van der Waals surface area contributed by atoms with E-state index in [4.69, 9.17) is 20.0 Å². The maximum Gasteiger partial charge on any atom is 0.272 e. The van der Waals surface area contributed by atoms with Crippen LogP contribution in [0.25, 0.3) is 0 Å². The van der Waals surface area contributed by atoms with Gasteiger partial charge >= 0.3 is 0 Å². The number of carbonyl (C=O) groups excluding carboxylic acids is 2. The first-order valence-corrected chi connectivity index (χ1v) is 14.3. The lowest BCUT2D eigenvalue weighted by Gasteiger charge is -2.43. The molecule has 3 aliphatic heterocycles. The largest absolute Gasteiger partial charge is 0.331 e. The van der Waals surface area contributed by atoms with Gasteiger partial charge in [0.25, 0.3) is 11.8 Å². The number of rotatable bonds is 4. The van der Waals surface area contributed by atoms with E-state index in [1.165, 1.54) is 0 Å². The van der Waals surface area contributed by atoms with Gasteiger partial charge in [0.1, 0.15) is 11.4 Å². The van der Waals surface area contributed by atoms with Gasteiger partial charge in [0.2, 0.25) is 0 Å². The van der Waals surface area contributed by atoms with Gasteiger partial charge in [-0.2, -0.15) is 0 Å². The molecular weight excluding hydrogens is 524 g/mol. The Morgan fingerprint density at radius 3 is 1.45 bits per heavy atom. The molecule has 0 radical (unpaired) electrons. The van der Waals surface area contributed by atoms with Crippen LogP contribution in [0.5, 0.6) is 0 Å². The fourth-order valence-corrected chi connectivity index (χ4v) is 5.98. The average Bonchev–Trinajstić information content (AvgIpc) is 3.66. The monoisotopic (exact) mass is 554 g/mol. The smallest absolute Gasteiger partial charge is 0.272 e. The third-order valence-electron chi connectivity index (χ3n) is 8.25. The molecule has 0 aliphatic carbocycles. The van der Waals surface area contributed by atoms with Gasteiger partial charge in [-0.3, -0.25) is 19.6 Å². The second kappa shape index (κ2) is 10.4. The zero-order chi connectivity index (χ0) is 28.8. The third kappa shape index (κ3) is 4.68. The number of carbonyl (C=O) groups is 2. The topological polar surface area (TPSA) is 91.1 Å². The summed E-state index contributed by atoms with van der Waals surface area (Å²) in [5.74, 6) is -0.281. The summed E-state index contributed by atoms with van der Waals surface area (Å²) in [6.45, 7) is 4.76. The standard InChI is InChI=1S/C34H30N6O2/c1-21-19-40(34(42)30-16-8-14-28(38-30)32-18-24-10-4-6-12-26(24)36-32)22(2)20-39(21)33(41)29-15-7-13-27(37-29)31-17-23-9-3-5-11-25(23)35-31/h3-16,21-22H,17-20H2,1-2H3/t21-,22-/m1/s1. The van der Waals surface area contributed by atoms with Gasteiger partial charge < -0.3 is 9.80 Å². The zero-order valence-electron chi connectivity index (χ0n) is 23.6. The van der Waals surface area contributed by atoms with Gasteiger partial charge in [0.05, 0.1) is 34.2 Å². The number of piperazine rings is 1. The summed E-state index contributed by atoms with van der Waals surface area (Å²) in [5, 5.41) is 0. The molecule has 4 aromatic rings. The maximum atomic E-state index is 13.7. The molecule has 2 aromatic carbocycles. The van der Waals surface area contributed by atoms with Gasteiger partial charge in [-0.1, -0.05) is 48.5 Å². The van der Waals surface area contributed by atoms with Crippen molar-refractivity contribution in [3.63, 3.8) is 0 Å². The Hall–Kier alpha value is -4.98. The number of para-hydroxylation sites is 2. The Kier molecular flexibility index (Phi) is 6.46. The van der Waals surface area contributed by atoms with Crippen LogP contribution in [0.2, 0.25) is 0 Å². The molecule has 0 bridgehead atoms. The number of hydrogen-bond donors (Lipinski definition) is 0. The summed E-state index contributed by atoms with van der Waals surface area (Å²) in [6, 6.07) is 26.8. The number of amides is 2. The maximum absolute atomic E-state index is 13.7. The Morgan fingerprint density at radius 2 is 1.02 bits per heavy atom. The van der Waals surface area contributed by atoms with Crippen molar-refractivity contribution in [3.05, 3.63) is 119 Å². The molecule has 1 fully saturated rings. The minimum Gasteiger partial charge on any atom is -0.331 e. The number of aliphatic imine (C=N–C) groups is 2. The van der Waals surface area contributed by atoms with Crippen molar-refractivity contribution in [2.24, 2.45) is 9.98 Å². The molecule has 5 heterocycles. The number of aromatic nitrogens is 2. The van der Waals surface area contributed by atoms with E-state index in [-0.39, 0.29) is 23.9 Å². The van der Waals surface area contributed by atoms with Gasteiger partial charge in [0.15, 0.2) is 0 Å². The van der Waals surface area contributed by atoms with Crippen LogP contribution in [-0.4, -0.2) is 68.2 Å². The molecule has 1 saturated heterocycles. The summed E-state index contributed by atoms with van der Waals surface area (Å²) < 4.78 is 0. The number of nitrogens with zero attached hydrogens (tertiary/aromatic N) is 6. The lowest BCUT2D eigenvalue weighted by molar-refractivity contribution is 0.0264. The highest BCUT2D eigenvalue weighted by Gasteiger charge is 2.36. The Labute approximate surface area is 244 Å². The summed E-state index contributed by atoms with van der Waals surface area (Å²) in [7, 11) is 0. The summed E-state index contributed by atoms with van der Waals surface area (Å²) in [5.41, 5.74) is 8.17. The van der Waals surface area contributed by atoms with E-state index < -0.39 is 0 Å². The van der Waals surface area contributed by atoms with Crippen LogP contribution in [-0.2, 0) is 12.8 Å². The number of hydrogen-bond acceptors (Lipinski definition) is 6. The second-order valence-electron chi connectivity index (χ2n) is 11.2. The highest BCUT2D eigenvalue weighted by Crippen LogP contribution is 2.29. The molecule has 208 valence electrons. The Morgan fingerprint density at radius 1 is 0.595 bits per heavy atom. The third-order valence-corrected chi connectivity index (χ3v) is 8.25. The molecule has 8 heteroatoms. The number of fused-ring (bicyclic) bond motifs is 2. The molecular formula is C34H30N6O2. The summed E-state index contributed by atoms with van der Waals surface area (Å²) >= 11 is 0. The van der Waals surface area contributed by atoms with Crippen molar-refractivity contribution in [1.82, 2.24) is 19.8 Å². The Balaban J connectivity index is 1.05. The minimum atomic E-state index is -0.187. The predicted octanol–water partition coefficient (Wildman–Crippen LogP) is 5.21. The van der Waals surface area contributed by atoms with E-state index in [1.807, 2.05) is 84.3 Å². The van der Waals surface area contributed by atoms with E-state index in [0.29, 0.717) is 48.7 Å². The molecule has 0 N–H and O–H groups in total. The van der Waals surface area contributed by atoms with Crippen LogP contribution in [0.1, 0.15) is 57.3 Å². The van der Waals surface area contributed by atoms with Crippen LogP contribution in [0.3, 0.4) is 0 Å². The molecule has 42 heavy (non-hydrogen) atoms. The van der Waals surface area contributed by atoms with E-state index in [9.17, 15) is 9.59 Å². The van der Waals surface area contributed by atoms with Crippen molar-refractivity contribution >= 4 is 34.6 Å². The highest BCUT2D eigenvalue weighted by molar-refractivity contribution is 6.07. The molecule has 7 rings (SSSR count). The lowest BCUT2D eigenvalue weighted by Crippen LogP contribution is -2.59. The van der Waals surface area contributed by atoms with Gasteiger partial charge in [-0.25, -0.2) is 9.97 Å². The molecule has 0 unspecified atom stereocenters. The molecule has 2 atom stereocenters. The normalized spacial score (nSPS) is 19.2. The van der Waals surface area contributed by atoms with Gasteiger partial charge in [0, 0.05) is 38.0 Å². The first kappa shape index (κ1) is 26.0. The minimum absolute atomic E-state index is 0.140. The summed E-state index contributed by atoms with van der Waals surface area (Å²) in [4.78, 5) is 49.9. The zero-order valence-corrected chi connectivity index (χ0v) is 23.6. The van der Waals surface area contributed by atoms with E-state index in [1.54, 1.807) is 12.1 Å². The fourth-order valence-electron chi connectivity index (χ4n) is 5.98. The first-order chi connectivity index (χ1) is 20.4. The van der Waals surface area contributed by atoms with Crippen LogP contribution in [0.4, 0.5) is 11.4 Å². The SMILES string of the molecule is C[C@@H]1CN(C(=O)c2cccc(C3=Nc4ccccc4C3)n2)[C@H](C)CN1C(=O)c1cccc(C2=Nc3ccccc3C2)n1. The van der Waals surface area contributed by atoms with Crippen molar-refractivity contribution < 1.29 is 9.59 Å². The van der Waals surface area contributed by atoms with E-state index in [2.05, 4.69) is 12.1 Å². The first-order valence-electron chi connectivity index (χ1n) is 14.3. The van der Waals surface area contributed by atoms with Gasteiger partial charge in [-0.05, 0) is 61.4 Å². The Bertz CT molecular complexity index is 1660. The van der Waals surface area contributed by atoms with Crippen LogP contribution < -0.4 is 0 Å². The summed E-state index contributed by atoms with van der Waals surface area (Å²) in [6.07, 6.45) is 1.40. The van der Waals surface area contributed by atoms with Crippen molar-refractivity contribution in [2.75, 3.05) is 13.1 Å². The van der Waals surface area contributed by atoms with Crippen LogP contribution in [0, 0.1) is 0 Å². The van der Waals surface area contributed by atoms with Crippen LogP contribution in [0.15, 0.2) is 94.9 Å². The molecule has 0 saturated carbocycles. The molecule has 2 amide bonds. The molecule has 3 aliphatic rings. The molecule has 2 aromatic heterocycles. The quantitative estimate of drug-likeness (QED) is 0.347. The highest BCUT2D eigenvalue weighted by atomic mass is 16.2. The second-order valence-corrected chi connectivity index (χ2v) is 11.2. The van der Waals surface area contributed by atoms with E-state index in [0.717, 1.165) is 33.9 Å². The van der Waals surface area contributed by atoms with Crippen molar-refractivity contribution in [1.29, 1.82) is 0 Å². The van der Waals surface area contributed by atoms with Gasteiger partial charge in [-0.15, -0.1) is 0 Å². The van der Waals surface area contributed by atoms with Crippen LogP contribution >= 0.6 is 0 Å².